The Morgan fingerprint density at radius 3 is 2.80 bits per heavy atom. The van der Waals surface area contributed by atoms with Crippen molar-refractivity contribution in [1.29, 1.82) is 0 Å². The lowest BCUT2D eigenvalue weighted by Crippen LogP contribution is -2.63. The number of primary amides is 1. The molecule has 3 heterocycles. The predicted molar refractivity (Wildman–Crippen MR) is 87.2 cm³/mol. The van der Waals surface area contributed by atoms with Gasteiger partial charge in [0.15, 0.2) is 17.7 Å². The number of nitrogens with two attached hydrogens (primary N) is 1. The first kappa shape index (κ1) is 17.5. The summed E-state index contributed by atoms with van der Waals surface area (Å²) >= 11 is 0. The van der Waals surface area contributed by atoms with Crippen LogP contribution in [0.3, 0.4) is 0 Å². The SMILES string of the molecule is CNC(C(N)=O)[C@@H]1[C@@H](O)[C@H](O)[C@@H](Nc2ncnc3nc[nH]c23)O[C@H]1C. The molecular formula is C14H21N7O4. The smallest absolute Gasteiger partial charge is 0.235 e. The molecule has 1 aliphatic heterocycles. The number of rotatable bonds is 5. The number of aromatic amines is 1. The van der Waals surface area contributed by atoms with Crippen molar-refractivity contribution in [2.45, 2.75) is 37.5 Å². The van der Waals surface area contributed by atoms with Crippen LogP contribution < -0.4 is 16.4 Å². The number of nitrogens with zero attached hydrogens (tertiary/aromatic N) is 3. The number of aromatic nitrogens is 4. The monoisotopic (exact) mass is 351 g/mol. The number of aliphatic hydroxyl groups excluding tert-OH is 2. The van der Waals surface area contributed by atoms with E-state index in [1.165, 1.54) is 12.7 Å². The van der Waals surface area contributed by atoms with E-state index >= 15 is 0 Å². The minimum Gasteiger partial charge on any atom is -0.390 e. The van der Waals surface area contributed by atoms with Gasteiger partial charge in [0, 0.05) is 5.92 Å². The third kappa shape index (κ3) is 3.14. The molecule has 1 saturated heterocycles. The average molecular weight is 351 g/mol. The van der Waals surface area contributed by atoms with Crippen LogP contribution in [0.4, 0.5) is 5.82 Å². The highest BCUT2D eigenvalue weighted by Gasteiger charge is 2.47. The zero-order chi connectivity index (χ0) is 18.1. The molecule has 0 saturated carbocycles. The number of H-pyrrole nitrogens is 1. The molecule has 11 heteroatoms. The van der Waals surface area contributed by atoms with Gasteiger partial charge in [0.1, 0.15) is 17.9 Å². The van der Waals surface area contributed by atoms with E-state index in [-0.39, 0.29) is 0 Å². The summed E-state index contributed by atoms with van der Waals surface area (Å²) in [5, 5.41) is 26.7. The van der Waals surface area contributed by atoms with Gasteiger partial charge in [0.25, 0.3) is 0 Å². The number of carbonyl (C=O) groups excluding carboxylic acids is 1. The van der Waals surface area contributed by atoms with Crippen molar-refractivity contribution in [3.05, 3.63) is 12.7 Å². The van der Waals surface area contributed by atoms with Crippen molar-refractivity contribution in [3.63, 3.8) is 0 Å². The third-order valence-corrected chi connectivity index (χ3v) is 4.46. The number of hydrogen-bond acceptors (Lipinski definition) is 9. The third-order valence-electron chi connectivity index (χ3n) is 4.46. The maximum Gasteiger partial charge on any atom is 0.235 e. The van der Waals surface area contributed by atoms with E-state index in [1.807, 2.05) is 0 Å². The number of nitrogens with one attached hydrogen (secondary N) is 3. The van der Waals surface area contributed by atoms with Crippen molar-refractivity contribution >= 4 is 22.9 Å². The van der Waals surface area contributed by atoms with Crippen LogP contribution in [-0.4, -0.2) is 73.7 Å². The fourth-order valence-electron chi connectivity index (χ4n) is 3.21. The second-order valence-electron chi connectivity index (χ2n) is 5.96. The molecule has 1 unspecified atom stereocenters. The second kappa shape index (κ2) is 6.88. The maximum absolute atomic E-state index is 11.6. The lowest BCUT2D eigenvalue weighted by atomic mass is 9.83. The summed E-state index contributed by atoms with van der Waals surface area (Å²) < 4.78 is 5.78. The summed E-state index contributed by atoms with van der Waals surface area (Å²) in [7, 11) is 1.56. The van der Waals surface area contributed by atoms with Crippen LogP contribution in [0.5, 0.6) is 0 Å². The number of anilines is 1. The van der Waals surface area contributed by atoms with E-state index in [1.54, 1.807) is 14.0 Å². The summed E-state index contributed by atoms with van der Waals surface area (Å²) in [5.74, 6) is -0.951. The Bertz CT molecular complexity index is 754. The van der Waals surface area contributed by atoms with Crippen molar-refractivity contribution in [2.75, 3.05) is 12.4 Å². The molecule has 7 N–H and O–H groups in total. The molecule has 0 aromatic carbocycles. The number of likely N-dealkylation sites (N-methyl/N-ethyl adjacent to an activating group) is 1. The highest BCUT2D eigenvalue weighted by atomic mass is 16.5. The first-order chi connectivity index (χ1) is 11.9. The topological polar surface area (TPSA) is 171 Å². The molecule has 1 fully saturated rings. The van der Waals surface area contributed by atoms with Gasteiger partial charge in [-0.2, -0.15) is 0 Å². The number of fused-ring (bicyclic) bond motifs is 1. The number of ether oxygens (including phenoxy) is 1. The zero-order valence-electron chi connectivity index (χ0n) is 13.7. The number of carbonyl (C=O) groups is 1. The lowest BCUT2D eigenvalue weighted by molar-refractivity contribution is -0.192. The summed E-state index contributed by atoms with van der Waals surface area (Å²) in [6.07, 6.45) is -1.23. The molecule has 1 amide bonds. The van der Waals surface area contributed by atoms with Crippen LogP contribution in [0.15, 0.2) is 12.7 Å². The first-order valence-corrected chi connectivity index (χ1v) is 7.82. The maximum atomic E-state index is 11.6. The average Bonchev–Trinajstić information content (AvgIpc) is 3.05. The van der Waals surface area contributed by atoms with Gasteiger partial charge in [-0.05, 0) is 14.0 Å². The number of amides is 1. The van der Waals surface area contributed by atoms with Crippen molar-refractivity contribution < 1.29 is 19.7 Å². The molecule has 0 radical (unpaired) electrons. The number of hydrogen-bond donors (Lipinski definition) is 6. The van der Waals surface area contributed by atoms with E-state index in [2.05, 4.69) is 30.6 Å². The largest absolute Gasteiger partial charge is 0.390 e. The highest BCUT2D eigenvalue weighted by molar-refractivity contribution is 5.82. The van der Waals surface area contributed by atoms with Crippen LogP contribution in [0.1, 0.15) is 6.92 Å². The summed E-state index contributed by atoms with van der Waals surface area (Å²) in [5.41, 5.74) is 6.37. The molecule has 6 atom stereocenters. The molecule has 0 spiro atoms. The van der Waals surface area contributed by atoms with Crippen LogP contribution in [0.25, 0.3) is 11.2 Å². The normalized spacial score (nSPS) is 31.0. The number of aliphatic hydroxyl groups is 2. The Hall–Kier alpha value is -2.34. The van der Waals surface area contributed by atoms with Gasteiger partial charge in [0.2, 0.25) is 5.91 Å². The van der Waals surface area contributed by atoms with Gasteiger partial charge in [0.05, 0.1) is 24.6 Å². The van der Waals surface area contributed by atoms with Gasteiger partial charge < -0.3 is 36.3 Å². The van der Waals surface area contributed by atoms with Crippen molar-refractivity contribution in [3.8, 4) is 0 Å². The molecule has 2 aromatic heterocycles. The molecule has 2 aromatic rings. The molecule has 11 nitrogen and oxygen atoms in total. The van der Waals surface area contributed by atoms with E-state index in [0.29, 0.717) is 17.0 Å². The fourth-order valence-corrected chi connectivity index (χ4v) is 3.21. The molecule has 136 valence electrons. The minimum absolute atomic E-state index is 0.379. The molecule has 1 aliphatic rings. The zero-order valence-corrected chi connectivity index (χ0v) is 13.7. The van der Waals surface area contributed by atoms with Crippen molar-refractivity contribution in [2.24, 2.45) is 11.7 Å². The second-order valence-corrected chi connectivity index (χ2v) is 5.96. The minimum atomic E-state index is -1.30. The Labute approximate surface area is 143 Å². The molecule has 3 rings (SSSR count). The Morgan fingerprint density at radius 2 is 2.12 bits per heavy atom. The van der Waals surface area contributed by atoms with Crippen LogP contribution in [0.2, 0.25) is 0 Å². The summed E-state index contributed by atoms with van der Waals surface area (Å²) in [6.45, 7) is 1.70. The van der Waals surface area contributed by atoms with Crippen molar-refractivity contribution in [1.82, 2.24) is 25.3 Å². The molecular weight excluding hydrogens is 330 g/mol. The fraction of sp³-hybridized carbons (Fsp3) is 0.571. The van der Waals surface area contributed by atoms with Crippen LogP contribution >= 0.6 is 0 Å². The molecule has 25 heavy (non-hydrogen) atoms. The van der Waals surface area contributed by atoms with Gasteiger partial charge in [-0.15, -0.1) is 0 Å². The molecule has 0 aliphatic carbocycles. The quantitative estimate of drug-likeness (QED) is 0.353. The van der Waals surface area contributed by atoms with E-state index in [9.17, 15) is 15.0 Å². The highest BCUT2D eigenvalue weighted by Crippen LogP contribution is 2.30. The summed E-state index contributed by atoms with van der Waals surface area (Å²) in [4.78, 5) is 26.6. The number of imidazole rings is 1. The van der Waals surface area contributed by atoms with Gasteiger partial charge in [-0.3, -0.25) is 4.79 Å². The Kier molecular flexibility index (Phi) is 4.81. The first-order valence-electron chi connectivity index (χ1n) is 7.82. The predicted octanol–water partition coefficient (Wildman–Crippen LogP) is -2.08. The van der Waals surface area contributed by atoms with Crippen LogP contribution in [0, 0.1) is 5.92 Å². The van der Waals surface area contributed by atoms with E-state index in [4.69, 9.17) is 10.5 Å². The molecule has 0 bridgehead atoms. The Balaban J connectivity index is 1.81. The Morgan fingerprint density at radius 1 is 1.36 bits per heavy atom. The standard InChI is InChI=1S/C14H21N7O4/c1-5-6(7(16-2)11(15)24)9(22)10(23)14(25-5)21-13-8-12(18-3-17-8)19-4-20-13/h3-7,9-10,14,16,22-23H,1-2H3,(H2,15,24)(H2,17,18,19,20,21)/t5-,6+,7?,9+,10-,14-/m0/s1. The van der Waals surface area contributed by atoms with E-state index in [0.717, 1.165) is 0 Å². The van der Waals surface area contributed by atoms with Gasteiger partial charge >= 0.3 is 0 Å². The van der Waals surface area contributed by atoms with Crippen LogP contribution in [-0.2, 0) is 9.53 Å². The lowest BCUT2D eigenvalue weighted by Gasteiger charge is -2.44. The van der Waals surface area contributed by atoms with E-state index < -0.39 is 42.4 Å². The summed E-state index contributed by atoms with van der Waals surface area (Å²) in [6, 6.07) is -0.834. The van der Waals surface area contributed by atoms with Gasteiger partial charge in [-0.25, -0.2) is 15.0 Å². The van der Waals surface area contributed by atoms with Gasteiger partial charge in [-0.1, -0.05) is 0 Å².